The Morgan fingerprint density at radius 2 is 2.21 bits per heavy atom. The molecule has 0 spiro atoms. The summed E-state index contributed by atoms with van der Waals surface area (Å²) in [5.74, 6) is 0.607. The van der Waals surface area contributed by atoms with Crippen LogP contribution in [-0.2, 0) is 12.8 Å². The molecule has 1 N–H and O–H groups in total. The van der Waals surface area contributed by atoms with Gasteiger partial charge in [-0.15, -0.1) is 11.3 Å². The van der Waals surface area contributed by atoms with Gasteiger partial charge >= 0.3 is 0 Å². The molecule has 0 radical (unpaired) electrons. The maximum absolute atomic E-state index is 10.0. The van der Waals surface area contributed by atoms with Gasteiger partial charge < -0.3 is 9.84 Å². The molecule has 4 nitrogen and oxygen atoms in total. The molecular weight excluding hydrogens is 435 g/mol. The zero-order valence-electron chi connectivity index (χ0n) is 13.3. The Bertz CT molecular complexity index is 837. The topological polar surface area (TPSA) is 65.6 Å². The van der Waals surface area contributed by atoms with Gasteiger partial charge in [0, 0.05) is 11.1 Å². The third kappa shape index (κ3) is 3.42. The van der Waals surface area contributed by atoms with Gasteiger partial charge in [0.05, 0.1) is 15.7 Å². The molecule has 1 aromatic heterocycles. The smallest absolute Gasteiger partial charge is 0.171 e. The van der Waals surface area contributed by atoms with Crippen LogP contribution < -0.4 is 4.74 Å². The molecule has 6 heteroatoms. The normalized spacial score (nSPS) is 13.7. The molecule has 124 valence electrons. The second-order valence-electron chi connectivity index (χ2n) is 5.54. The van der Waals surface area contributed by atoms with E-state index in [0.717, 1.165) is 35.4 Å². The molecule has 3 rings (SSSR count). The fourth-order valence-electron chi connectivity index (χ4n) is 2.82. The number of benzene rings is 1. The SMILES string of the molecule is CCOc1cc(C=Nc2sc3c(c2C#N)CCCC3)cc(I)c1O. The number of aryl methyl sites for hydroxylation is 1. The van der Waals surface area contributed by atoms with Crippen LogP contribution in [-0.4, -0.2) is 17.9 Å². The Balaban J connectivity index is 1.94. The summed E-state index contributed by atoms with van der Waals surface area (Å²) in [7, 11) is 0. The van der Waals surface area contributed by atoms with Gasteiger partial charge in [-0.3, -0.25) is 0 Å². The number of ether oxygens (including phenoxy) is 1. The number of aromatic hydroxyl groups is 1. The van der Waals surface area contributed by atoms with E-state index in [0.29, 0.717) is 15.9 Å². The van der Waals surface area contributed by atoms with Gasteiger partial charge in [-0.1, -0.05) is 0 Å². The second-order valence-corrected chi connectivity index (χ2v) is 7.79. The van der Waals surface area contributed by atoms with Crippen LogP contribution in [0.1, 0.15) is 41.3 Å². The van der Waals surface area contributed by atoms with E-state index in [1.165, 1.54) is 16.9 Å². The van der Waals surface area contributed by atoms with Crippen molar-refractivity contribution in [2.45, 2.75) is 32.6 Å². The predicted octanol–water partition coefficient (Wildman–Crippen LogP) is 4.96. The molecule has 2 aromatic rings. The molecule has 0 fully saturated rings. The molecule has 0 bridgehead atoms. The lowest BCUT2D eigenvalue weighted by Gasteiger charge is -2.09. The number of fused-ring (bicyclic) bond motifs is 1. The number of phenols is 1. The number of hydrogen-bond donors (Lipinski definition) is 1. The van der Waals surface area contributed by atoms with E-state index in [1.807, 2.05) is 13.0 Å². The first-order valence-electron chi connectivity index (χ1n) is 7.88. The number of hydrogen-bond acceptors (Lipinski definition) is 5. The highest BCUT2D eigenvalue weighted by atomic mass is 127. The number of aliphatic imine (C=N–C) groups is 1. The molecule has 1 aromatic carbocycles. The van der Waals surface area contributed by atoms with E-state index in [9.17, 15) is 10.4 Å². The van der Waals surface area contributed by atoms with Gasteiger partial charge in [0.2, 0.25) is 0 Å². The minimum absolute atomic E-state index is 0.152. The molecule has 0 atom stereocenters. The highest BCUT2D eigenvalue weighted by Gasteiger charge is 2.20. The van der Waals surface area contributed by atoms with E-state index in [2.05, 4.69) is 33.7 Å². The van der Waals surface area contributed by atoms with Crippen molar-refractivity contribution in [3.8, 4) is 17.6 Å². The van der Waals surface area contributed by atoms with Gasteiger partial charge in [0.1, 0.15) is 11.1 Å². The van der Waals surface area contributed by atoms with Gasteiger partial charge in [-0.05, 0) is 78.5 Å². The van der Waals surface area contributed by atoms with Crippen LogP contribution in [0, 0.1) is 14.9 Å². The molecular formula is C18H17IN2O2S. The molecule has 1 aliphatic carbocycles. The summed E-state index contributed by atoms with van der Waals surface area (Å²) in [6.45, 7) is 2.36. The van der Waals surface area contributed by atoms with Gasteiger partial charge in [-0.25, -0.2) is 4.99 Å². The van der Waals surface area contributed by atoms with Crippen molar-refractivity contribution in [2.24, 2.45) is 4.99 Å². The standard InChI is InChI=1S/C18H17IN2O2S/c1-2-23-15-8-11(7-14(19)17(15)22)10-21-18-13(9-20)12-5-3-4-6-16(12)24-18/h7-8,10,22H,2-6H2,1H3. The molecule has 24 heavy (non-hydrogen) atoms. The van der Waals surface area contributed by atoms with Crippen LogP contribution in [0.25, 0.3) is 0 Å². The summed E-state index contributed by atoms with van der Waals surface area (Å²) < 4.78 is 6.17. The average Bonchev–Trinajstić information content (AvgIpc) is 2.95. The predicted molar refractivity (Wildman–Crippen MR) is 105 cm³/mol. The summed E-state index contributed by atoms with van der Waals surface area (Å²) in [6.07, 6.45) is 6.11. The minimum Gasteiger partial charge on any atom is -0.504 e. The van der Waals surface area contributed by atoms with Crippen LogP contribution in [0.5, 0.6) is 11.5 Å². The monoisotopic (exact) mass is 452 g/mol. The Labute approximate surface area is 159 Å². The molecule has 1 heterocycles. The average molecular weight is 452 g/mol. The highest BCUT2D eigenvalue weighted by Crippen LogP contribution is 2.39. The van der Waals surface area contributed by atoms with Crippen molar-refractivity contribution in [1.82, 2.24) is 0 Å². The van der Waals surface area contributed by atoms with Crippen molar-refractivity contribution in [2.75, 3.05) is 6.61 Å². The Kier molecular flexibility index (Phi) is 5.41. The van der Waals surface area contributed by atoms with Crippen LogP contribution in [0.15, 0.2) is 17.1 Å². The van der Waals surface area contributed by atoms with E-state index < -0.39 is 0 Å². The van der Waals surface area contributed by atoms with E-state index >= 15 is 0 Å². The van der Waals surface area contributed by atoms with Gasteiger partial charge in [-0.2, -0.15) is 5.26 Å². The zero-order valence-corrected chi connectivity index (χ0v) is 16.3. The van der Waals surface area contributed by atoms with Crippen LogP contribution >= 0.6 is 33.9 Å². The lowest BCUT2D eigenvalue weighted by atomic mass is 9.96. The maximum atomic E-state index is 10.0. The summed E-state index contributed by atoms with van der Waals surface area (Å²) in [6, 6.07) is 5.94. The summed E-state index contributed by atoms with van der Waals surface area (Å²) in [5.41, 5.74) is 2.76. The minimum atomic E-state index is 0.152. The molecule has 1 aliphatic rings. The van der Waals surface area contributed by atoms with E-state index in [4.69, 9.17) is 4.74 Å². The first-order valence-corrected chi connectivity index (χ1v) is 9.77. The summed E-state index contributed by atoms with van der Waals surface area (Å²) in [5, 5.41) is 20.3. The van der Waals surface area contributed by atoms with E-state index in [1.54, 1.807) is 23.6 Å². The first-order chi connectivity index (χ1) is 11.6. The lowest BCUT2D eigenvalue weighted by molar-refractivity contribution is 0.317. The molecule has 0 aliphatic heterocycles. The second kappa shape index (κ2) is 7.53. The third-order valence-corrected chi connectivity index (χ3v) is 5.97. The number of nitriles is 1. The summed E-state index contributed by atoms with van der Waals surface area (Å²) in [4.78, 5) is 5.86. The van der Waals surface area contributed by atoms with Crippen molar-refractivity contribution < 1.29 is 9.84 Å². The van der Waals surface area contributed by atoms with Crippen LogP contribution in [0.2, 0.25) is 0 Å². The Morgan fingerprint density at radius 1 is 1.42 bits per heavy atom. The number of nitrogens with zero attached hydrogens (tertiary/aromatic N) is 2. The largest absolute Gasteiger partial charge is 0.504 e. The van der Waals surface area contributed by atoms with Crippen molar-refractivity contribution in [1.29, 1.82) is 5.26 Å². The van der Waals surface area contributed by atoms with Crippen LogP contribution in [0.4, 0.5) is 5.00 Å². The molecule has 0 unspecified atom stereocenters. The third-order valence-electron chi connectivity index (χ3n) is 3.95. The van der Waals surface area contributed by atoms with Gasteiger partial charge in [0.15, 0.2) is 11.5 Å². The zero-order chi connectivity index (χ0) is 17.1. The fourth-order valence-corrected chi connectivity index (χ4v) is 4.63. The lowest BCUT2D eigenvalue weighted by Crippen LogP contribution is -1.99. The summed E-state index contributed by atoms with van der Waals surface area (Å²) >= 11 is 3.70. The maximum Gasteiger partial charge on any atom is 0.171 e. The van der Waals surface area contributed by atoms with E-state index in [-0.39, 0.29) is 5.75 Å². The molecule has 0 amide bonds. The number of thiophene rings is 1. The van der Waals surface area contributed by atoms with Crippen molar-refractivity contribution in [3.63, 3.8) is 0 Å². The van der Waals surface area contributed by atoms with Crippen molar-refractivity contribution in [3.05, 3.63) is 37.3 Å². The van der Waals surface area contributed by atoms with Crippen molar-refractivity contribution >= 4 is 45.1 Å². The molecule has 0 saturated carbocycles. The first kappa shape index (κ1) is 17.2. The molecule has 0 saturated heterocycles. The highest BCUT2D eigenvalue weighted by molar-refractivity contribution is 14.1. The quantitative estimate of drug-likeness (QED) is 0.527. The number of rotatable bonds is 4. The number of halogens is 1. The van der Waals surface area contributed by atoms with Crippen LogP contribution in [0.3, 0.4) is 0 Å². The Hall–Kier alpha value is -1.59. The van der Waals surface area contributed by atoms with Gasteiger partial charge in [0.25, 0.3) is 0 Å². The fraction of sp³-hybridized carbons (Fsp3) is 0.333. The number of phenolic OH excluding ortho intramolecular Hbond substituents is 1. The Morgan fingerprint density at radius 3 is 2.96 bits per heavy atom.